The molecule has 0 saturated heterocycles. The normalized spacial score (nSPS) is 10.5. The number of hydrogen-bond donors (Lipinski definition) is 1. The van der Waals surface area contributed by atoms with Crippen molar-refractivity contribution in [2.45, 2.75) is 39.5 Å². The number of carbonyl (C=O) groups excluding carboxylic acids is 1. The number of rotatable bonds is 9. The van der Waals surface area contributed by atoms with Gasteiger partial charge in [-0.15, -0.1) is 0 Å². The van der Waals surface area contributed by atoms with E-state index in [-0.39, 0.29) is 5.91 Å². The summed E-state index contributed by atoms with van der Waals surface area (Å²) in [7, 11) is 1.98. The van der Waals surface area contributed by atoms with Crippen LogP contribution in [-0.4, -0.2) is 41.0 Å². The van der Waals surface area contributed by atoms with E-state index in [0.29, 0.717) is 18.1 Å². The maximum absolute atomic E-state index is 12.3. The first-order valence-corrected chi connectivity index (χ1v) is 8.84. The van der Waals surface area contributed by atoms with E-state index >= 15 is 0 Å². The molecule has 0 aliphatic rings. The maximum atomic E-state index is 12.3. The molecule has 0 fully saturated rings. The standard InChI is InChI=1S/C19H27N5O/c1-4-5-6-10-21-19(25)17-14-18(23-15(2)22-17)24(3)13-9-16-7-11-20-12-8-16/h7-8,11-12,14H,4-6,9-10,13H2,1-3H3,(H,21,25). The zero-order chi connectivity index (χ0) is 18.1. The summed E-state index contributed by atoms with van der Waals surface area (Å²) >= 11 is 0. The van der Waals surface area contributed by atoms with E-state index in [0.717, 1.165) is 38.0 Å². The first kappa shape index (κ1) is 18.8. The number of carbonyl (C=O) groups is 1. The van der Waals surface area contributed by atoms with Crippen LogP contribution in [0.1, 0.15) is 48.1 Å². The van der Waals surface area contributed by atoms with Gasteiger partial charge in [-0.05, 0) is 37.5 Å². The highest BCUT2D eigenvalue weighted by Gasteiger charge is 2.12. The van der Waals surface area contributed by atoms with E-state index in [9.17, 15) is 4.79 Å². The number of amides is 1. The van der Waals surface area contributed by atoms with Crippen molar-refractivity contribution in [2.75, 3.05) is 25.0 Å². The molecule has 134 valence electrons. The number of unbranched alkanes of at least 4 members (excludes halogenated alkanes) is 2. The monoisotopic (exact) mass is 341 g/mol. The van der Waals surface area contributed by atoms with Crippen molar-refractivity contribution in [3.05, 3.63) is 47.7 Å². The Bertz CT molecular complexity index is 675. The van der Waals surface area contributed by atoms with Gasteiger partial charge >= 0.3 is 0 Å². The maximum Gasteiger partial charge on any atom is 0.270 e. The van der Waals surface area contributed by atoms with Crippen LogP contribution in [0.4, 0.5) is 5.82 Å². The molecule has 6 nitrogen and oxygen atoms in total. The molecule has 1 N–H and O–H groups in total. The molecule has 0 aliphatic carbocycles. The minimum atomic E-state index is -0.134. The van der Waals surface area contributed by atoms with Crippen molar-refractivity contribution in [2.24, 2.45) is 0 Å². The lowest BCUT2D eigenvalue weighted by Gasteiger charge is -2.19. The zero-order valence-electron chi connectivity index (χ0n) is 15.3. The van der Waals surface area contributed by atoms with Crippen LogP contribution in [0, 0.1) is 6.92 Å². The molecule has 0 radical (unpaired) electrons. The Morgan fingerprint density at radius 1 is 1.20 bits per heavy atom. The summed E-state index contributed by atoms with van der Waals surface area (Å²) in [5, 5.41) is 2.93. The molecule has 2 heterocycles. The van der Waals surface area contributed by atoms with Crippen LogP contribution in [0.2, 0.25) is 0 Å². The van der Waals surface area contributed by atoms with Crippen molar-refractivity contribution in [3.63, 3.8) is 0 Å². The van der Waals surface area contributed by atoms with Gasteiger partial charge in [-0.2, -0.15) is 0 Å². The van der Waals surface area contributed by atoms with Gasteiger partial charge < -0.3 is 10.2 Å². The molecule has 6 heteroatoms. The first-order valence-electron chi connectivity index (χ1n) is 8.84. The Hall–Kier alpha value is -2.50. The van der Waals surface area contributed by atoms with Gasteiger partial charge in [-0.25, -0.2) is 9.97 Å². The molecule has 2 rings (SSSR count). The quantitative estimate of drug-likeness (QED) is 0.710. The number of aryl methyl sites for hydroxylation is 1. The third-order valence-electron chi connectivity index (χ3n) is 4.00. The molecule has 0 aromatic carbocycles. The van der Waals surface area contributed by atoms with Crippen molar-refractivity contribution in [3.8, 4) is 0 Å². The van der Waals surface area contributed by atoms with E-state index in [1.54, 1.807) is 18.5 Å². The van der Waals surface area contributed by atoms with Crippen LogP contribution >= 0.6 is 0 Å². The predicted molar refractivity (Wildman–Crippen MR) is 99.8 cm³/mol. The van der Waals surface area contributed by atoms with Gasteiger partial charge in [0.05, 0.1) is 0 Å². The molecule has 0 aliphatic heterocycles. The summed E-state index contributed by atoms with van der Waals surface area (Å²) in [5.74, 6) is 1.23. The fraction of sp³-hybridized carbons (Fsp3) is 0.474. The second-order valence-electron chi connectivity index (χ2n) is 6.15. The number of pyridine rings is 1. The second-order valence-corrected chi connectivity index (χ2v) is 6.15. The van der Waals surface area contributed by atoms with E-state index in [1.165, 1.54) is 5.56 Å². The second kappa shape index (κ2) is 9.71. The summed E-state index contributed by atoms with van der Waals surface area (Å²) in [6.07, 6.45) is 7.73. The summed E-state index contributed by atoms with van der Waals surface area (Å²) in [5.41, 5.74) is 1.65. The van der Waals surface area contributed by atoms with E-state index in [2.05, 4.69) is 27.2 Å². The van der Waals surface area contributed by atoms with Crippen LogP contribution in [0.5, 0.6) is 0 Å². The largest absolute Gasteiger partial charge is 0.359 e. The van der Waals surface area contributed by atoms with Crippen molar-refractivity contribution >= 4 is 11.7 Å². The molecule has 0 saturated carbocycles. The van der Waals surface area contributed by atoms with Gasteiger partial charge in [0.1, 0.15) is 17.3 Å². The molecule has 0 unspecified atom stereocenters. The molecule has 0 spiro atoms. The van der Waals surface area contributed by atoms with Gasteiger partial charge in [0.25, 0.3) is 5.91 Å². The van der Waals surface area contributed by atoms with Crippen molar-refractivity contribution in [1.29, 1.82) is 0 Å². The molecule has 1 amide bonds. The average molecular weight is 341 g/mol. The number of hydrogen-bond acceptors (Lipinski definition) is 5. The lowest BCUT2D eigenvalue weighted by molar-refractivity contribution is 0.0947. The molecule has 2 aromatic rings. The third kappa shape index (κ3) is 6.14. The number of likely N-dealkylation sites (N-methyl/N-ethyl adjacent to an activating group) is 1. The predicted octanol–water partition coefficient (Wildman–Crippen LogP) is 2.78. The number of nitrogens with one attached hydrogen (secondary N) is 1. The van der Waals surface area contributed by atoms with Crippen molar-refractivity contribution < 1.29 is 4.79 Å². The number of nitrogens with zero attached hydrogens (tertiary/aromatic N) is 4. The number of anilines is 1. The first-order chi connectivity index (χ1) is 12.1. The van der Waals surface area contributed by atoms with Gasteiger partial charge in [-0.3, -0.25) is 9.78 Å². The Morgan fingerprint density at radius 2 is 1.96 bits per heavy atom. The van der Waals surface area contributed by atoms with Crippen molar-refractivity contribution in [1.82, 2.24) is 20.3 Å². The minimum Gasteiger partial charge on any atom is -0.359 e. The highest BCUT2D eigenvalue weighted by Crippen LogP contribution is 2.12. The van der Waals surface area contributed by atoms with Crippen LogP contribution in [0.15, 0.2) is 30.6 Å². The van der Waals surface area contributed by atoms with Gasteiger partial charge in [0.2, 0.25) is 0 Å². The Balaban J connectivity index is 1.98. The Morgan fingerprint density at radius 3 is 2.68 bits per heavy atom. The van der Waals surface area contributed by atoms with E-state index in [4.69, 9.17) is 0 Å². The topological polar surface area (TPSA) is 71.0 Å². The molecular weight excluding hydrogens is 314 g/mol. The summed E-state index contributed by atoms with van der Waals surface area (Å²) in [4.78, 5) is 27.1. The summed E-state index contributed by atoms with van der Waals surface area (Å²) in [6.45, 7) is 5.44. The molecule has 2 aromatic heterocycles. The lowest BCUT2D eigenvalue weighted by atomic mass is 10.2. The van der Waals surface area contributed by atoms with Crippen LogP contribution in [0.25, 0.3) is 0 Å². The highest BCUT2D eigenvalue weighted by molar-refractivity contribution is 5.92. The van der Waals surface area contributed by atoms with Crippen LogP contribution in [-0.2, 0) is 6.42 Å². The zero-order valence-corrected chi connectivity index (χ0v) is 15.3. The Kier molecular flexibility index (Phi) is 7.32. The third-order valence-corrected chi connectivity index (χ3v) is 4.00. The highest BCUT2D eigenvalue weighted by atomic mass is 16.1. The summed E-state index contributed by atoms with van der Waals surface area (Å²) in [6, 6.07) is 5.77. The van der Waals surface area contributed by atoms with Crippen LogP contribution < -0.4 is 10.2 Å². The summed E-state index contributed by atoms with van der Waals surface area (Å²) < 4.78 is 0. The molecule has 0 atom stereocenters. The SMILES string of the molecule is CCCCCNC(=O)c1cc(N(C)CCc2ccncc2)nc(C)n1. The van der Waals surface area contributed by atoms with Gasteiger partial charge in [-0.1, -0.05) is 19.8 Å². The van der Waals surface area contributed by atoms with E-state index < -0.39 is 0 Å². The van der Waals surface area contributed by atoms with Crippen LogP contribution in [0.3, 0.4) is 0 Å². The molecule has 0 bridgehead atoms. The van der Waals surface area contributed by atoms with Gasteiger partial charge in [0, 0.05) is 38.6 Å². The molecule has 25 heavy (non-hydrogen) atoms. The Labute approximate surface area is 149 Å². The molecular formula is C19H27N5O. The minimum absolute atomic E-state index is 0.134. The van der Waals surface area contributed by atoms with Gasteiger partial charge in [0.15, 0.2) is 0 Å². The fourth-order valence-corrected chi connectivity index (χ4v) is 2.49. The number of aromatic nitrogens is 3. The lowest BCUT2D eigenvalue weighted by Crippen LogP contribution is -2.27. The fourth-order valence-electron chi connectivity index (χ4n) is 2.49. The smallest absolute Gasteiger partial charge is 0.270 e. The average Bonchev–Trinajstić information content (AvgIpc) is 2.63. The van der Waals surface area contributed by atoms with E-state index in [1.807, 2.05) is 31.0 Å².